The average molecular weight is 420 g/mol. The van der Waals surface area contributed by atoms with E-state index in [1.54, 1.807) is 7.11 Å². The van der Waals surface area contributed by atoms with E-state index in [1.165, 1.54) is 13.3 Å². The molecule has 0 N–H and O–H groups in total. The third-order valence-corrected chi connectivity index (χ3v) is 4.32. The standard InChI is InChI=1S/C7H13NO2.C5H8O3.C4H8O2.C4H8O/c1-8(2-6-4-9-6)3-7-5-10-7;1-4(6)7-2-5-3-8-5;1-5-2-4-3-6-4;1-2-4-3-5-4/h6-7H,2-5H2,1H3;5H,2-3H2,1H3;4H,2-3H2,1H3;4H,2-3H2,1H3. The smallest absolute Gasteiger partial charge is 0.302 e. The first-order valence-electron chi connectivity index (χ1n) is 10.4. The summed E-state index contributed by atoms with van der Waals surface area (Å²) >= 11 is 0. The Morgan fingerprint density at radius 2 is 1.24 bits per heavy atom. The van der Waals surface area contributed by atoms with Gasteiger partial charge in [-0.2, -0.15) is 0 Å². The molecule has 0 radical (unpaired) electrons. The van der Waals surface area contributed by atoms with Crippen molar-refractivity contribution < 1.29 is 38.0 Å². The van der Waals surface area contributed by atoms with Crippen LogP contribution in [-0.4, -0.2) is 115 Å². The summed E-state index contributed by atoms with van der Waals surface area (Å²) in [5, 5.41) is 0. The molecule has 0 aliphatic carbocycles. The van der Waals surface area contributed by atoms with E-state index >= 15 is 0 Å². The fraction of sp³-hybridized carbons (Fsp3) is 0.950. The molecule has 5 heterocycles. The van der Waals surface area contributed by atoms with Crippen LogP contribution in [0, 0.1) is 0 Å². The lowest BCUT2D eigenvalue weighted by Gasteiger charge is -2.12. The van der Waals surface area contributed by atoms with Gasteiger partial charge in [-0.1, -0.05) is 6.92 Å². The molecule has 0 aromatic rings. The highest BCUT2D eigenvalue weighted by Gasteiger charge is 2.28. The van der Waals surface area contributed by atoms with Crippen molar-refractivity contribution in [2.24, 2.45) is 0 Å². The van der Waals surface area contributed by atoms with Crippen LogP contribution in [0.15, 0.2) is 0 Å². The molecule has 5 aliphatic rings. The van der Waals surface area contributed by atoms with Gasteiger partial charge < -0.3 is 38.1 Å². The Morgan fingerprint density at radius 3 is 1.48 bits per heavy atom. The molecule has 0 bridgehead atoms. The number of carbonyl (C=O) groups excluding carboxylic acids is 1. The zero-order valence-electron chi connectivity index (χ0n) is 18.2. The number of epoxide rings is 5. The molecular weight excluding hydrogens is 382 g/mol. The van der Waals surface area contributed by atoms with Gasteiger partial charge in [-0.15, -0.1) is 0 Å². The normalized spacial score (nSPS) is 31.7. The Kier molecular flexibility index (Phi) is 11.4. The monoisotopic (exact) mass is 419 g/mol. The predicted octanol–water partition coefficient (Wildman–Crippen LogP) is 0.491. The molecule has 5 unspecified atom stereocenters. The van der Waals surface area contributed by atoms with E-state index in [1.807, 2.05) is 0 Å². The fourth-order valence-electron chi connectivity index (χ4n) is 2.15. The van der Waals surface area contributed by atoms with Crippen molar-refractivity contribution in [1.29, 1.82) is 0 Å². The van der Waals surface area contributed by atoms with E-state index in [9.17, 15) is 4.79 Å². The molecule has 9 nitrogen and oxygen atoms in total. The molecule has 0 aromatic carbocycles. The number of hydrogen-bond acceptors (Lipinski definition) is 9. The molecule has 5 atom stereocenters. The number of nitrogens with zero attached hydrogens (tertiary/aromatic N) is 1. The molecule has 0 spiro atoms. The Balaban J connectivity index is 0.000000143. The van der Waals surface area contributed by atoms with Crippen molar-refractivity contribution in [3.05, 3.63) is 0 Å². The molecule has 29 heavy (non-hydrogen) atoms. The lowest BCUT2D eigenvalue weighted by molar-refractivity contribution is -0.141. The van der Waals surface area contributed by atoms with Crippen LogP contribution in [0.1, 0.15) is 20.3 Å². The van der Waals surface area contributed by atoms with Gasteiger partial charge in [-0.25, -0.2) is 0 Å². The number of methoxy groups -OCH3 is 1. The quantitative estimate of drug-likeness (QED) is 0.390. The highest BCUT2D eigenvalue weighted by Crippen LogP contribution is 2.14. The van der Waals surface area contributed by atoms with Gasteiger partial charge in [0.1, 0.15) is 18.8 Å². The molecule has 9 heteroatoms. The summed E-state index contributed by atoms with van der Waals surface area (Å²) in [5.74, 6) is -0.236. The number of rotatable bonds is 9. The van der Waals surface area contributed by atoms with Crippen molar-refractivity contribution in [1.82, 2.24) is 4.90 Å². The molecule has 5 saturated heterocycles. The minimum atomic E-state index is -0.236. The molecule has 0 amide bonds. The minimum Gasteiger partial charge on any atom is -0.463 e. The SMILES string of the molecule is CC(=O)OCC1CO1.CCC1CO1.CN(CC1CO1)CC1CO1.COCC1CO1. The van der Waals surface area contributed by atoms with E-state index in [-0.39, 0.29) is 12.1 Å². The van der Waals surface area contributed by atoms with Gasteiger partial charge >= 0.3 is 5.97 Å². The van der Waals surface area contributed by atoms with Crippen LogP contribution in [0.5, 0.6) is 0 Å². The van der Waals surface area contributed by atoms with Crippen LogP contribution in [0.3, 0.4) is 0 Å². The molecule has 5 rings (SSSR count). The van der Waals surface area contributed by atoms with Crippen LogP contribution in [0.2, 0.25) is 0 Å². The number of carbonyl (C=O) groups is 1. The molecule has 5 fully saturated rings. The first-order chi connectivity index (χ1) is 14.0. The van der Waals surface area contributed by atoms with E-state index in [0.29, 0.717) is 31.0 Å². The summed E-state index contributed by atoms with van der Waals surface area (Å²) in [6.07, 6.45) is 3.48. The maximum absolute atomic E-state index is 10.1. The third-order valence-electron chi connectivity index (χ3n) is 4.32. The number of likely N-dealkylation sites (N-methyl/N-ethyl adjacent to an activating group) is 1. The van der Waals surface area contributed by atoms with Crippen LogP contribution < -0.4 is 0 Å². The highest BCUT2D eigenvalue weighted by atomic mass is 16.6. The number of hydrogen-bond donors (Lipinski definition) is 0. The van der Waals surface area contributed by atoms with Gasteiger partial charge in [0.2, 0.25) is 0 Å². The molecular formula is C20H37NO8. The van der Waals surface area contributed by atoms with Crippen molar-refractivity contribution in [3.63, 3.8) is 0 Å². The van der Waals surface area contributed by atoms with Crippen LogP contribution in [0.4, 0.5) is 0 Å². The predicted molar refractivity (Wildman–Crippen MR) is 105 cm³/mol. The summed E-state index contributed by atoms with van der Waals surface area (Å²) in [5.41, 5.74) is 0. The van der Waals surface area contributed by atoms with Crippen molar-refractivity contribution in [2.75, 3.05) is 73.5 Å². The lowest BCUT2D eigenvalue weighted by Crippen LogP contribution is -2.27. The summed E-state index contributed by atoms with van der Waals surface area (Å²) in [4.78, 5) is 12.4. The van der Waals surface area contributed by atoms with Gasteiger partial charge in [0.05, 0.1) is 58.0 Å². The minimum absolute atomic E-state index is 0.193. The second-order valence-corrected chi connectivity index (χ2v) is 7.66. The molecule has 5 aliphatic heterocycles. The van der Waals surface area contributed by atoms with Gasteiger partial charge in [0, 0.05) is 27.1 Å². The van der Waals surface area contributed by atoms with Gasteiger partial charge in [0.25, 0.3) is 0 Å². The summed E-state index contributed by atoms with van der Waals surface area (Å²) < 4.78 is 34.0. The third kappa shape index (κ3) is 16.7. The van der Waals surface area contributed by atoms with E-state index in [0.717, 1.165) is 52.7 Å². The Hall–Kier alpha value is -0.810. The van der Waals surface area contributed by atoms with E-state index < -0.39 is 0 Å². The Morgan fingerprint density at radius 1 is 0.828 bits per heavy atom. The Bertz CT molecular complexity index is 432. The molecule has 0 aromatic heterocycles. The largest absolute Gasteiger partial charge is 0.463 e. The van der Waals surface area contributed by atoms with E-state index in [2.05, 4.69) is 23.6 Å². The first-order valence-corrected chi connectivity index (χ1v) is 10.4. The zero-order chi connectivity index (χ0) is 21.1. The van der Waals surface area contributed by atoms with Crippen molar-refractivity contribution >= 4 is 5.97 Å². The second kappa shape index (κ2) is 13.5. The zero-order valence-corrected chi connectivity index (χ0v) is 18.2. The van der Waals surface area contributed by atoms with Crippen LogP contribution >= 0.6 is 0 Å². The van der Waals surface area contributed by atoms with Crippen molar-refractivity contribution in [2.45, 2.75) is 50.8 Å². The second-order valence-electron chi connectivity index (χ2n) is 7.66. The van der Waals surface area contributed by atoms with Crippen LogP contribution in [-0.2, 0) is 38.0 Å². The maximum atomic E-state index is 10.1. The summed E-state index contributed by atoms with van der Waals surface area (Å²) in [7, 11) is 3.80. The topological polar surface area (TPSA) is 101 Å². The van der Waals surface area contributed by atoms with Crippen LogP contribution in [0.25, 0.3) is 0 Å². The lowest BCUT2D eigenvalue weighted by atomic mass is 10.4. The van der Waals surface area contributed by atoms with Gasteiger partial charge in [-0.05, 0) is 13.5 Å². The van der Waals surface area contributed by atoms with Gasteiger partial charge in [0.15, 0.2) is 0 Å². The average Bonchev–Trinajstić information content (AvgIpc) is 3.51. The molecule has 0 saturated carbocycles. The highest BCUT2D eigenvalue weighted by molar-refractivity contribution is 5.65. The van der Waals surface area contributed by atoms with E-state index in [4.69, 9.17) is 28.4 Å². The first kappa shape index (κ1) is 24.5. The maximum Gasteiger partial charge on any atom is 0.302 e. The Labute approximate surface area is 173 Å². The molecule has 170 valence electrons. The van der Waals surface area contributed by atoms with Gasteiger partial charge in [-0.3, -0.25) is 4.79 Å². The number of ether oxygens (including phenoxy) is 7. The van der Waals surface area contributed by atoms with Crippen molar-refractivity contribution in [3.8, 4) is 0 Å². The number of esters is 1. The fourth-order valence-corrected chi connectivity index (χ4v) is 2.15. The summed E-state index contributed by atoms with van der Waals surface area (Å²) in [6, 6.07) is 0. The summed E-state index contributed by atoms with van der Waals surface area (Å²) in [6.45, 7) is 11.4.